The van der Waals surface area contributed by atoms with E-state index in [-0.39, 0.29) is 0 Å². The number of hydrogen-bond donors (Lipinski definition) is 0. The highest BCUT2D eigenvalue weighted by Gasteiger charge is 1.99. The van der Waals surface area contributed by atoms with Gasteiger partial charge in [0.1, 0.15) is 0 Å². The van der Waals surface area contributed by atoms with E-state index in [2.05, 4.69) is 37.4 Å². The van der Waals surface area contributed by atoms with Gasteiger partial charge in [-0.3, -0.25) is 0 Å². The van der Waals surface area contributed by atoms with Crippen molar-refractivity contribution in [1.82, 2.24) is 4.57 Å². The van der Waals surface area contributed by atoms with E-state index < -0.39 is 0 Å². The Labute approximate surface area is 99.9 Å². The monoisotopic (exact) mass is 232 g/mol. The minimum atomic E-state index is 1.02. The third-order valence-electron chi connectivity index (χ3n) is 2.59. The summed E-state index contributed by atoms with van der Waals surface area (Å²) in [4.78, 5) is 5.73. The van der Waals surface area contributed by atoms with Gasteiger partial charge in [0.05, 0.1) is 5.69 Å². The molecule has 0 aliphatic rings. The van der Waals surface area contributed by atoms with E-state index >= 15 is 0 Å². The lowest BCUT2D eigenvalue weighted by Crippen LogP contribution is -2.08. The summed E-state index contributed by atoms with van der Waals surface area (Å²) in [5.41, 5.74) is 3.70. The van der Waals surface area contributed by atoms with Gasteiger partial charge in [0, 0.05) is 18.6 Å². The second-order valence-corrected chi connectivity index (χ2v) is 4.77. The van der Waals surface area contributed by atoms with Gasteiger partial charge in [-0.2, -0.15) is 0 Å². The highest BCUT2D eigenvalue weighted by molar-refractivity contribution is 7.07. The van der Waals surface area contributed by atoms with Crippen molar-refractivity contribution in [2.24, 2.45) is 12.0 Å². The molecule has 84 valence electrons. The van der Waals surface area contributed by atoms with Crippen molar-refractivity contribution in [3.05, 3.63) is 45.7 Å². The molecule has 16 heavy (non-hydrogen) atoms. The van der Waals surface area contributed by atoms with E-state index in [4.69, 9.17) is 4.99 Å². The summed E-state index contributed by atoms with van der Waals surface area (Å²) in [6.07, 6.45) is 3.05. The molecule has 0 N–H and O–H groups in total. The Morgan fingerprint density at radius 1 is 1.38 bits per heavy atom. The number of benzene rings is 1. The van der Waals surface area contributed by atoms with Crippen LogP contribution in [0.1, 0.15) is 18.1 Å². The van der Waals surface area contributed by atoms with Gasteiger partial charge >= 0.3 is 0 Å². The van der Waals surface area contributed by atoms with Gasteiger partial charge in [-0.05, 0) is 25.0 Å². The Balaban J connectivity index is 2.54. The summed E-state index contributed by atoms with van der Waals surface area (Å²) in [5, 5.41) is 2.05. The van der Waals surface area contributed by atoms with Gasteiger partial charge in [-0.25, -0.2) is 4.99 Å². The van der Waals surface area contributed by atoms with Crippen molar-refractivity contribution >= 4 is 17.0 Å². The summed E-state index contributed by atoms with van der Waals surface area (Å²) < 4.78 is 2.05. The van der Waals surface area contributed by atoms with E-state index in [1.165, 1.54) is 11.1 Å². The van der Waals surface area contributed by atoms with Crippen LogP contribution in [0.5, 0.6) is 0 Å². The predicted molar refractivity (Wildman–Crippen MR) is 69.1 cm³/mol. The van der Waals surface area contributed by atoms with E-state index in [1.807, 2.05) is 17.8 Å². The standard InChI is InChI=1S/C13H16N2S/c1-4-11-9-10(2)5-6-12(11)14-13-15(3)7-8-16-13/h5-9H,4H2,1-3H3. The molecule has 0 amide bonds. The summed E-state index contributed by atoms with van der Waals surface area (Å²) in [6, 6.07) is 6.44. The van der Waals surface area contributed by atoms with E-state index in [0.29, 0.717) is 0 Å². The quantitative estimate of drug-likeness (QED) is 0.756. The molecular formula is C13H16N2S. The maximum Gasteiger partial charge on any atom is 0.189 e. The molecule has 0 unspecified atom stereocenters. The molecule has 0 aliphatic heterocycles. The topological polar surface area (TPSA) is 17.3 Å². The molecule has 3 heteroatoms. The molecule has 0 spiro atoms. The lowest BCUT2D eigenvalue weighted by atomic mass is 10.1. The summed E-state index contributed by atoms with van der Waals surface area (Å²) in [7, 11) is 2.02. The van der Waals surface area contributed by atoms with E-state index in [9.17, 15) is 0 Å². The lowest BCUT2D eigenvalue weighted by Gasteiger charge is -2.03. The van der Waals surface area contributed by atoms with Crippen LogP contribution < -0.4 is 4.80 Å². The zero-order valence-corrected chi connectivity index (χ0v) is 10.7. The molecule has 0 fully saturated rings. The molecule has 2 aromatic rings. The van der Waals surface area contributed by atoms with Gasteiger partial charge < -0.3 is 4.57 Å². The third-order valence-corrected chi connectivity index (χ3v) is 3.44. The van der Waals surface area contributed by atoms with Crippen LogP contribution in [0.3, 0.4) is 0 Å². The molecular weight excluding hydrogens is 216 g/mol. The van der Waals surface area contributed by atoms with Crippen molar-refractivity contribution in [3.63, 3.8) is 0 Å². The van der Waals surface area contributed by atoms with Gasteiger partial charge in [0.25, 0.3) is 0 Å². The molecule has 0 radical (unpaired) electrons. The second kappa shape index (κ2) is 4.66. The number of aromatic nitrogens is 1. The van der Waals surface area contributed by atoms with Crippen molar-refractivity contribution in [2.45, 2.75) is 20.3 Å². The maximum atomic E-state index is 4.69. The lowest BCUT2D eigenvalue weighted by molar-refractivity contribution is 0.872. The number of nitrogens with zero attached hydrogens (tertiary/aromatic N) is 2. The molecule has 0 bridgehead atoms. The molecule has 0 saturated heterocycles. The average Bonchev–Trinajstić information content (AvgIpc) is 2.67. The van der Waals surface area contributed by atoms with Crippen LogP contribution in [0.2, 0.25) is 0 Å². The van der Waals surface area contributed by atoms with Gasteiger partial charge in [0.2, 0.25) is 0 Å². The SMILES string of the molecule is CCc1cc(C)ccc1N=c1sccn1C. The van der Waals surface area contributed by atoms with Crippen LogP contribution in [-0.4, -0.2) is 4.57 Å². The third kappa shape index (κ3) is 2.25. The zero-order chi connectivity index (χ0) is 11.5. The highest BCUT2D eigenvalue weighted by atomic mass is 32.1. The first-order chi connectivity index (χ1) is 7.70. The number of thiazole rings is 1. The van der Waals surface area contributed by atoms with Crippen molar-refractivity contribution in [3.8, 4) is 0 Å². The predicted octanol–water partition coefficient (Wildman–Crippen LogP) is 3.19. The van der Waals surface area contributed by atoms with E-state index in [0.717, 1.165) is 16.9 Å². The summed E-state index contributed by atoms with van der Waals surface area (Å²) >= 11 is 1.66. The van der Waals surface area contributed by atoms with Crippen LogP contribution >= 0.6 is 11.3 Å². The fraction of sp³-hybridized carbons (Fsp3) is 0.308. The normalized spacial score (nSPS) is 12.1. The van der Waals surface area contributed by atoms with Crippen LogP contribution in [0.15, 0.2) is 34.8 Å². The first-order valence-corrected chi connectivity index (χ1v) is 6.33. The van der Waals surface area contributed by atoms with E-state index in [1.54, 1.807) is 11.3 Å². The zero-order valence-electron chi connectivity index (χ0n) is 9.90. The molecule has 1 aromatic heterocycles. The van der Waals surface area contributed by atoms with Crippen LogP contribution in [-0.2, 0) is 13.5 Å². The van der Waals surface area contributed by atoms with Gasteiger partial charge in [-0.15, -0.1) is 11.3 Å². The number of aryl methyl sites for hydroxylation is 3. The number of rotatable bonds is 2. The fourth-order valence-corrected chi connectivity index (χ4v) is 2.39. The fourth-order valence-electron chi connectivity index (χ4n) is 1.64. The summed E-state index contributed by atoms with van der Waals surface area (Å²) in [6.45, 7) is 4.29. The smallest absolute Gasteiger partial charge is 0.189 e. The van der Waals surface area contributed by atoms with Gasteiger partial charge in [-0.1, -0.05) is 24.6 Å². The minimum absolute atomic E-state index is 1.02. The Hall–Kier alpha value is -1.35. The highest BCUT2D eigenvalue weighted by Crippen LogP contribution is 2.20. The Morgan fingerprint density at radius 3 is 2.81 bits per heavy atom. The van der Waals surface area contributed by atoms with Crippen molar-refractivity contribution in [2.75, 3.05) is 0 Å². The van der Waals surface area contributed by atoms with Gasteiger partial charge in [0.15, 0.2) is 4.80 Å². The van der Waals surface area contributed by atoms with Crippen LogP contribution in [0, 0.1) is 6.92 Å². The number of hydrogen-bond acceptors (Lipinski definition) is 2. The molecule has 0 aliphatic carbocycles. The molecule has 1 heterocycles. The second-order valence-electron chi connectivity index (χ2n) is 3.89. The molecule has 2 nitrogen and oxygen atoms in total. The minimum Gasteiger partial charge on any atom is -0.327 e. The summed E-state index contributed by atoms with van der Waals surface area (Å²) in [5.74, 6) is 0. The Morgan fingerprint density at radius 2 is 2.19 bits per heavy atom. The Kier molecular flexibility index (Phi) is 3.25. The first-order valence-electron chi connectivity index (χ1n) is 5.45. The molecule has 0 saturated carbocycles. The molecule has 0 atom stereocenters. The first kappa shape index (κ1) is 11.1. The average molecular weight is 232 g/mol. The molecule has 1 aromatic carbocycles. The van der Waals surface area contributed by atoms with Crippen LogP contribution in [0.25, 0.3) is 0 Å². The largest absolute Gasteiger partial charge is 0.327 e. The van der Waals surface area contributed by atoms with Crippen LogP contribution in [0.4, 0.5) is 5.69 Å². The maximum absolute atomic E-state index is 4.69. The molecule has 2 rings (SSSR count). The Bertz CT molecular complexity index is 549. The van der Waals surface area contributed by atoms with Crippen molar-refractivity contribution < 1.29 is 0 Å². The van der Waals surface area contributed by atoms with Crippen molar-refractivity contribution in [1.29, 1.82) is 0 Å².